The van der Waals surface area contributed by atoms with Gasteiger partial charge in [0.1, 0.15) is 11.2 Å². The van der Waals surface area contributed by atoms with Crippen LogP contribution in [0.1, 0.15) is 0 Å². The Hall–Kier alpha value is -6.90. The summed E-state index contributed by atoms with van der Waals surface area (Å²) >= 11 is 0. The maximum Gasteiger partial charge on any atom is 0.143 e. The number of fused-ring (bicyclic) bond motifs is 6. The Morgan fingerprint density at radius 3 is 1.62 bits per heavy atom. The van der Waals surface area contributed by atoms with Crippen LogP contribution in [0.5, 0.6) is 0 Å². The summed E-state index contributed by atoms with van der Waals surface area (Å²) < 4.78 is 6.41. The van der Waals surface area contributed by atoms with Gasteiger partial charge in [0, 0.05) is 33.1 Å². The van der Waals surface area contributed by atoms with E-state index in [-0.39, 0.29) is 0 Å². The van der Waals surface area contributed by atoms with Gasteiger partial charge in [-0.2, -0.15) is 0 Å². The molecule has 0 spiro atoms. The molecule has 0 amide bonds. The van der Waals surface area contributed by atoms with E-state index in [1.165, 1.54) is 43.8 Å². The Morgan fingerprint density at radius 2 is 0.865 bits per heavy atom. The SMILES string of the molecule is c1ccc(-c2cccc(-c3ccc(N(c4ccc(-c5cccc6c5oc5ccccc56)cc4)c4cc5ccccc5c5ccccc45)cc3)c2)cc1. The number of benzene rings is 9. The van der Waals surface area contributed by atoms with Crippen LogP contribution in [0.4, 0.5) is 17.1 Å². The minimum absolute atomic E-state index is 0.908. The van der Waals surface area contributed by atoms with Gasteiger partial charge in [0.25, 0.3) is 0 Å². The standard InChI is InChI=1S/C50H33NO/c1-2-12-34(13-3-1)37-15-10-16-38(32-37)35-24-28-40(29-25-35)51(48-33-39-14-4-5-17-42(39)44-18-6-7-19-45(44)48)41-30-26-36(27-31-41)43-21-11-22-47-46-20-8-9-23-49(46)52-50(43)47/h1-33H. The minimum Gasteiger partial charge on any atom is -0.455 e. The Balaban J connectivity index is 1.11. The lowest BCUT2D eigenvalue weighted by Crippen LogP contribution is -2.10. The number of rotatable bonds is 6. The van der Waals surface area contributed by atoms with E-state index in [9.17, 15) is 0 Å². The lowest BCUT2D eigenvalue weighted by Gasteiger charge is -2.28. The highest BCUT2D eigenvalue weighted by molar-refractivity contribution is 6.15. The zero-order valence-corrected chi connectivity index (χ0v) is 28.4. The highest BCUT2D eigenvalue weighted by Gasteiger charge is 2.19. The third-order valence-electron chi connectivity index (χ3n) is 10.3. The molecule has 2 nitrogen and oxygen atoms in total. The summed E-state index contributed by atoms with van der Waals surface area (Å²) in [7, 11) is 0. The van der Waals surface area contributed by atoms with E-state index < -0.39 is 0 Å². The maximum absolute atomic E-state index is 6.41. The van der Waals surface area contributed by atoms with Gasteiger partial charge < -0.3 is 9.32 Å². The Morgan fingerprint density at radius 1 is 0.327 bits per heavy atom. The molecule has 52 heavy (non-hydrogen) atoms. The molecule has 2 heteroatoms. The van der Waals surface area contributed by atoms with Crippen LogP contribution < -0.4 is 4.90 Å². The van der Waals surface area contributed by atoms with Crippen LogP contribution in [0.15, 0.2) is 205 Å². The largest absolute Gasteiger partial charge is 0.455 e. The molecule has 9 aromatic carbocycles. The van der Waals surface area contributed by atoms with E-state index in [4.69, 9.17) is 4.42 Å². The smallest absolute Gasteiger partial charge is 0.143 e. The van der Waals surface area contributed by atoms with Gasteiger partial charge in [0.2, 0.25) is 0 Å². The van der Waals surface area contributed by atoms with Crippen molar-refractivity contribution in [2.75, 3.05) is 4.90 Å². The average Bonchev–Trinajstić information content (AvgIpc) is 3.61. The lowest BCUT2D eigenvalue weighted by atomic mass is 9.97. The fraction of sp³-hybridized carbons (Fsp3) is 0. The van der Waals surface area contributed by atoms with Crippen molar-refractivity contribution >= 4 is 60.5 Å². The maximum atomic E-state index is 6.41. The second-order valence-corrected chi connectivity index (χ2v) is 13.3. The van der Waals surface area contributed by atoms with Gasteiger partial charge in [-0.3, -0.25) is 0 Å². The summed E-state index contributed by atoms with van der Waals surface area (Å²) in [4.78, 5) is 2.39. The fourth-order valence-corrected chi connectivity index (χ4v) is 7.72. The number of hydrogen-bond donors (Lipinski definition) is 0. The highest BCUT2D eigenvalue weighted by atomic mass is 16.3. The first kappa shape index (κ1) is 30.0. The molecule has 0 saturated carbocycles. The fourth-order valence-electron chi connectivity index (χ4n) is 7.72. The number of para-hydroxylation sites is 2. The van der Waals surface area contributed by atoms with E-state index in [0.29, 0.717) is 0 Å². The van der Waals surface area contributed by atoms with E-state index in [2.05, 4.69) is 193 Å². The van der Waals surface area contributed by atoms with Crippen LogP contribution in [0.2, 0.25) is 0 Å². The van der Waals surface area contributed by atoms with Crippen molar-refractivity contribution < 1.29 is 4.42 Å². The summed E-state index contributed by atoms with van der Waals surface area (Å²) in [5.74, 6) is 0. The molecule has 0 fully saturated rings. The van der Waals surface area contributed by atoms with Gasteiger partial charge in [0.15, 0.2) is 0 Å². The molecule has 244 valence electrons. The lowest BCUT2D eigenvalue weighted by molar-refractivity contribution is 0.670. The average molecular weight is 664 g/mol. The van der Waals surface area contributed by atoms with Crippen molar-refractivity contribution in [3.05, 3.63) is 200 Å². The molecule has 0 unspecified atom stereocenters. The first-order valence-corrected chi connectivity index (χ1v) is 17.8. The van der Waals surface area contributed by atoms with Crippen molar-refractivity contribution in [3.63, 3.8) is 0 Å². The van der Waals surface area contributed by atoms with Gasteiger partial charge in [-0.1, -0.05) is 158 Å². The van der Waals surface area contributed by atoms with Crippen molar-refractivity contribution in [3.8, 4) is 33.4 Å². The molecule has 0 aliphatic rings. The summed E-state index contributed by atoms with van der Waals surface area (Å²) in [6.07, 6.45) is 0. The molecule has 1 aromatic heterocycles. The van der Waals surface area contributed by atoms with E-state index in [1.54, 1.807) is 0 Å². The Kier molecular flexibility index (Phi) is 7.18. The van der Waals surface area contributed by atoms with Crippen molar-refractivity contribution in [1.29, 1.82) is 0 Å². The summed E-state index contributed by atoms with van der Waals surface area (Å²) in [5.41, 5.74) is 12.1. The molecular formula is C50H33NO. The van der Waals surface area contributed by atoms with Crippen LogP contribution in [-0.2, 0) is 0 Å². The predicted octanol–water partition coefficient (Wildman–Crippen LogP) is 14.4. The number of furan rings is 1. The molecule has 0 aliphatic heterocycles. The number of nitrogens with zero attached hydrogens (tertiary/aromatic N) is 1. The highest BCUT2D eigenvalue weighted by Crippen LogP contribution is 2.43. The first-order valence-electron chi connectivity index (χ1n) is 17.8. The van der Waals surface area contributed by atoms with Crippen LogP contribution in [0, 0.1) is 0 Å². The molecule has 0 N–H and O–H groups in total. The van der Waals surface area contributed by atoms with E-state index in [0.717, 1.165) is 50.1 Å². The van der Waals surface area contributed by atoms with Gasteiger partial charge in [-0.15, -0.1) is 0 Å². The second kappa shape index (κ2) is 12.5. The van der Waals surface area contributed by atoms with Crippen LogP contribution in [0.3, 0.4) is 0 Å². The molecule has 1 heterocycles. The molecule has 0 radical (unpaired) electrons. The minimum atomic E-state index is 0.908. The van der Waals surface area contributed by atoms with Crippen LogP contribution in [-0.4, -0.2) is 0 Å². The second-order valence-electron chi connectivity index (χ2n) is 13.3. The van der Waals surface area contributed by atoms with Crippen molar-refractivity contribution in [2.24, 2.45) is 0 Å². The van der Waals surface area contributed by atoms with Gasteiger partial charge >= 0.3 is 0 Å². The van der Waals surface area contributed by atoms with Gasteiger partial charge in [0.05, 0.1) is 5.69 Å². The Labute approximate surface area is 302 Å². The normalized spacial score (nSPS) is 11.5. The molecule has 0 saturated heterocycles. The van der Waals surface area contributed by atoms with Crippen molar-refractivity contribution in [2.45, 2.75) is 0 Å². The predicted molar refractivity (Wildman–Crippen MR) is 220 cm³/mol. The third kappa shape index (κ3) is 5.12. The van der Waals surface area contributed by atoms with Crippen molar-refractivity contribution in [1.82, 2.24) is 0 Å². The molecule has 10 aromatic rings. The monoisotopic (exact) mass is 663 g/mol. The zero-order valence-electron chi connectivity index (χ0n) is 28.4. The number of hydrogen-bond acceptors (Lipinski definition) is 2. The van der Waals surface area contributed by atoms with Gasteiger partial charge in [-0.25, -0.2) is 0 Å². The Bertz CT molecular complexity index is 2890. The van der Waals surface area contributed by atoms with Crippen LogP contribution >= 0.6 is 0 Å². The third-order valence-corrected chi connectivity index (χ3v) is 10.3. The molecule has 0 atom stereocenters. The number of anilines is 3. The zero-order chi connectivity index (χ0) is 34.4. The van der Waals surface area contributed by atoms with Gasteiger partial charge in [-0.05, 0) is 86.4 Å². The molecular weight excluding hydrogens is 631 g/mol. The quantitative estimate of drug-likeness (QED) is 0.165. The van der Waals surface area contributed by atoms with Crippen LogP contribution in [0.25, 0.3) is 76.9 Å². The van der Waals surface area contributed by atoms with E-state index in [1.807, 2.05) is 12.1 Å². The summed E-state index contributed by atoms with van der Waals surface area (Å²) in [6, 6.07) is 71.7. The molecule has 0 aliphatic carbocycles. The molecule has 0 bridgehead atoms. The first-order chi connectivity index (χ1) is 25.8. The molecule has 10 rings (SSSR count). The topological polar surface area (TPSA) is 16.4 Å². The summed E-state index contributed by atoms with van der Waals surface area (Å²) in [5, 5.41) is 7.19. The van der Waals surface area contributed by atoms with E-state index >= 15 is 0 Å². The summed E-state index contributed by atoms with van der Waals surface area (Å²) in [6.45, 7) is 0.